The second-order valence-corrected chi connectivity index (χ2v) is 5.73. The minimum atomic E-state index is -0.840. The van der Waals surface area contributed by atoms with Gasteiger partial charge < -0.3 is 15.4 Å². The summed E-state index contributed by atoms with van der Waals surface area (Å²) >= 11 is 1.33. The standard InChI is InChI=1S/C14H20N2O4S/c1-9(2)16-13(18)10(3)20-12(17)6-7-15-14(19)11-5-4-8-21-11/h4-5,8-10H,6-7H2,1-3H3,(H,15,19)(H,16,18). The molecule has 21 heavy (non-hydrogen) atoms. The van der Waals surface area contributed by atoms with Crippen molar-refractivity contribution in [2.75, 3.05) is 6.54 Å². The van der Waals surface area contributed by atoms with Crippen LogP contribution >= 0.6 is 11.3 Å². The van der Waals surface area contributed by atoms with Gasteiger partial charge in [0, 0.05) is 12.6 Å². The smallest absolute Gasteiger partial charge is 0.308 e. The Balaban J connectivity index is 2.25. The SMILES string of the molecule is CC(C)NC(=O)C(C)OC(=O)CCNC(=O)c1cccs1. The predicted molar refractivity (Wildman–Crippen MR) is 80.1 cm³/mol. The van der Waals surface area contributed by atoms with Crippen LogP contribution in [0.3, 0.4) is 0 Å². The van der Waals surface area contributed by atoms with Crippen LogP contribution in [0.1, 0.15) is 36.9 Å². The molecule has 116 valence electrons. The third kappa shape index (κ3) is 6.40. The van der Waals surface area contributed by atoms with Crippen LogP contribution in [0.2, 0.25) is 0 Å². The van der Waals surface area contributed by atoms with E-state index in [1.807, 2.05) is 13.8 Å². The van der Waals surface area contributed by atoms with Gasteiger partial charge in [-0.15, -0.1) is 11.3 Å². The van der Waals surface area contributed by atoms with E-state index in [0.717, 1.165) is 0 Å². The first-order chi connectivity index (χ1) is 9.90. The number of hydrogen-bond acceptors (Lipinski definition) is 5. The molecule has 1 unspecified atom stereocenters. The van der Waals surface area contributed by atoms with Crippen LogP contribution in [-0.2, 0) is 14.3 Å². The number of carbonyl (C=O) groups excluding carboxylic acids is 3. The summed E-state index contributed by atoms with van der Waals surface area (Å²) in [6.45, 7) is 5.34. The van der Waals surface area contributed by atoms with E-state index >= 15 is 0 Å². The number of esters is 1. The molecule has 1 aromatic heterocycles. The van der Waals surface area contributed by atoms with E-state index in [1.165, 1.54) is 18.3 Å². The number of amides is 2. The van der Waals surface area contributed by atoms with Crippen molar-refractivity contribution >= 4 is 29.1 Å². The summed E-state index contributed by atoms with van der Waals surface area (Å²) in [6.07, 6.45) is -0.816. The van der Waals surface area contributed by atoms with Gasteiger partial charge in [0.25, 0.3) is 11.8 Å². The first kappa shape index (κ1) is 17.2. The molecule has 1 aromatic rings. The van der Waals surface area contributed by atoms with Crippen molar-refractivity contribution < 1.29 is 19.1 Å². The Kier molecular flexibility index (Phi) is 6.87. The second-order valence-electron chi connectivity index (χ2n) is 4.78. The fourth-order valence-corrected chi connectivity index (χ4v) is 2.12. The predicted octanol–water partition coefficient (Wildman–Crippen LogP) is 1.32. The minimum Gasteiger partial charge on any atom is -0.452 e. The van der Waals surface area contributed by atoms with Gasteiger partial charge in [0.2, 0.25) is 0 Å². The molecule has 1 rings (SSSR count). The van der Waals surface area contributed by atoms with Gasteiger partial charge in [-0.05, 0) is 32.2 Å². The van der Waals surface area contributed by atoms with E-state index in [9.17, 15) is 14.4 Å². The molecular weight excluding hydrogens is 292 g/mol. The van der Waals surface area contributed by atoms with Gasteiger partial charge >= 0.3 is 5.97 Å². The molecular formula is C14H20N2O4S. The summed E-state index contributed by atoms with van der Waals surface area (Å²) in [4.78, 5) is 35.3. The molecule has 0 fully saturated rings. The van der Waals surface area contributed by atoms with Crippen molar-refractivity contribution in [2.45, 2.75) is 39.3 Å². The summed E-state index contributed by atoms with van der Waals surface area (Å²) in [5, 5.41) is 7.08. The number of rotatable bonds is 7. The third-order valence-corrected chi connectivity index (χ3v) is 3.34. The molecule has 0 radical (unpaired) electrons. The molecule has 2 N–H and O–H groups in total. The van der Waals surface area contributed by atoms with Crippen LogP contribution in [0.5, 0.6) is 0 Å². The monoisotopic (exact) mass is 312 g/mol. The highest BCUT2D eigenvalue weighted by Gasteiger charge is 2.18. The Labute approximate surface area is 127 Å². The molecule has 1 atom stereocenters. The maximum absolute atomic E-state index is 11.6. The van der Waals surface area contributed by atoms with E-state index in [1.54, 1.807) is 17.5 Å². The zero-order valence-corrected chi connectivity index (χ0v) is 13.2. The highest BCUT2D eigenvalue weighted by atomic mass is 32.1. The highest BCUT2D eigenvalue weighted by molar-refractivity contribution is 7.12. The maximum Gasteiger partial charge on any atom is 0.308 e. The normalized spacial score (nSPS) is 11.8. The van der Waals surface area contributed by atoms with Crippen LogP contribution in [-0.4, -0.2) is 36.5 Å². The van der Waals surface area contributed by atoms with Gasteiger partial charge in [-0.1, -0.05) is 6.07 Å². The molecule has 0 aliphatic rings. The number of carbonyl (C=O) groups is 3. The molecule has 6 nitrogen and oxygen atoms in total. The quantitative estimate of drug-likeness (QED) is 0.744. The molecule has 0 spiro atoms. The van der Waals surface area contributed by atoms with Crippen molar-refractivity contribution in [3.05, 3.63) is 22.4 Å². The van der Waals surface area contributed by atoms with Gasteiger partial charge in [-0.2, -0.15) is 0 Å². The molecule has 7 heteroatoms. The zero-order chi connectivity index (χ0) is 15.8. The van der Waals surface area contributed by atoms with Crippen LogP contribution in [0.25, 0.3) is 0 Å². The first-order valence-corrected chi connectivity index (χ1v) is 7.59. The van der Waals surface area contributed by atoms with Crippen molar-refractivity contribution in [1.82, 2.24) is 10.6 Å². The Morgan fingerprint density at radius 3 is 2.57 bits per heavy atom. The fourth-order valence-electron chi connectivity index (χ4n) is 1.48. The summed E-state index contributed by atoms with van der Waals surface area (Å²) < 4.78 is 4.99. The summed E-state index contributed by atoms with van der Waals surface area (Å²) in [5.41, 5.74) is 0. The van der Waals surface area contributed by atoms with Crippen LogP contribution in [0, 0.1) is 0 Å². The molecule has 1 heterocycles. The average molecular weight is 312 g/mol. The number of ether oxygens (including phenoxy) is 1. The van der Waals surface area contributed by atoms with Gasteiger partial charge in [-0.3, -0.25) is 14.4 Å². The van der Waals surface area contributed by atoms with Crippen LogP contribution in [0.15, 0.2) is 17.5 Å². The Bertz CT molecular complexity index is 485. The minimum absolute atomic E-state index is 0.0104. The Morgan fingerprint density at radius 2 is 2.00 bits per heavy atom. The summed E-state index contributed by atoms with van der Waals surface area (Å²) in [7, 11) is 0. The summed E-state index contributed by atoms with van der Waals surface area (Å²) in [6, 6.07) is 3.48. The molecule has 2 amide bonds. The van der Waals surface area contributed by atoms with Crippen molar-refractivity contribution in [3.8, 4) is 0 Å². The fraction of sp³-hybridized carbons (Fsp3) is 0.500. The lowest BCUT2D eigenvalue weighted by Gasteiger charge is -2.15. The lowest BCUT2D eigenvalue weighted by molar-refractivity contribution is -0.154. The molecule has 0 saturated carbocycles. The largest absolute Gasteiger partial charge is 0.452 e. The topological polar surface area (TPSA) is 84.5 Å². The van der Waals surface area contributed by atoms with Crippen LogP contribution in [0.4, 0.5) is 0 Å². The van der Waals surface area contributed by atoms with Gasteiger partial charge in [0.1, 0.15) is 0 Å². The summed E-state index contributed by atoms with van der Waals surface area (Å²) in [5.74, 6) is -1.07. The van der Waals surface area contributed by atoms with Gasteiger partial charge in [0.05, 0.1) is 11.3 Å². The molecule has 0 aromatic carbocycles. The van der Waals surface area contributed by atoms with E-state index in [2.05, 4.69) is 10.6 Å². The Morgan fingerprint density at radius 1 is 1.29 bits per heavy atom. The second kappa shape index (κ2) is 8.41. The van der Waals surface area contributed by atoms with Crippen molar-refractivity contribution in [3.63, 3.8) is 0 Å². The van der Waals surface area contributed by atoms with Crippen molar-refractivity contribution in [1.29, 1.82) is 0 Å². The molecule has 0 bridgehead atoms. The third-order valence-electron chi connectivity index (χ3n) is 2.47. The lowest BCUT2D eigenvalue weighted by atomic mass is 10.3. The number of hydrogen-bond donors (Lipinski definition) is 2. The number of thiophene rings is 1. The average Bonchev–Trinajstić information content (AvgIpc) is 2.91. The first-order valence-electron chi connectivity index (χ1n) is 6.71. The lowest BCUT2D eigenvalue weighted by Crippen LogP contribution is -2.39. The maximum atomic E-state index is 11.6. The number of nitrogens with one attached hydrogen (secondary N) is 2. The Hall–Kier alpha value is -1.89. The van der Waals surface area contributed by atoms with E-state index in [-0.39, 0.29) is 30.8 Å². The van der Waals surface area contributed by atoms with Gasteiger partial charge in [0.15, 0.2) is 6.10 Å². The molecule has 0 aliphatic heterocycles. The van der Waals surface area contributed by atoms with E-state index < -0.39 is 12.1 Å². The van der Waals surface area contributed by atoms with Crippen molar-refractivity contribution in [2.24, 2.45) is 0 Å². The zero-order valence-electron chi connectivity index (χ0n) is 12.3. The van der Waals surface area contributed by atoms with Crippen LogP contribution < -0.4 is 10.6 Å². The van der Waals surface area contributed by atoms with E-state index in [0.29, 0.717) is 4.88 Å². The van der Waals surface area contributed by atoms with E-state index in [4.69, 9.17) is 4.74 Å². The highest BCUT2D eigenvalue weighted by Crippen LogP contribution is 2.07. The molecule has 0 aliphatic carbocycles. The molecule has 0 saturated heterocycles. The van der Waals surface area contributed by atoms with Gasteiger partial charge in [-0.25, -0.2) is 0 Å².